The van der Waals surface area contributed by atoms with E-state index < -0.39 is 30.2 Å². The molecule has 0 spiro atoms. The fourth-order valence-electron chi connectivity index (χ4n) is 1.46. The maximum Gasteiger partial charge on any atom is 0.416 e. The van der Waals surface area contributed by atoms with Gasteiger partial charge in [0.25, 0.3) is 0 Å². The van der Waals surface area contributed by atoms with E-state index in [0.717, 1.165) is 12.1 Å². The first-order chi connectivity index (χ1) is 8.34. The van der Waals surface area contributed by atoms with Gasteiger partial charge in [-0.15, -0.1) is 0 Å². The molecule has 0 bridgehead atoms. The molecule has 0 aliphatic heterocycles. The van der Waals surface area contributed by atoms with Crippen LogP contribution in [0.3, 0.4) is 0 Å². The van der Waals surface area contributed by atoms with Crippen molar-refractivity contribution in [3.05, 3.63) is 35.4 Å². The van der Waals surface area contributed by atoms with Gasteiger partial charge in [0, 0.05) is 0 Å². The summed E-state index contributed by atoms with van der Waals surface area (Å²) >= 11 is 0. The number of benzene rings is 1. The Morgan fingerprint density at radius 3 is 2.61 bits per heavy atom. The van der Waals surface area contributed by atoms with Gasteiger partial charge in [-0.25, -0.2) is 0 Å². The van der Waals surface area contributed by atoms with E-state index in [1.165, 1.54) is 12.1 Å². The number of hydrogen-bond donors (Lipinski definition) is 2. The molecule has 1 aromatic carbocycles. The highest BCUT2D eigenvalue weighted by atomic mass is 19.4. The van der Waals surface area contributed by atoms with Gasteiger partial charge in [0.05, 0.1) is 18.0 Å². The van der Waals surface area contributed by atoms with Crippen molar-refractivity contribution in [1.29, 1.82) is 0 Å². The normalized spacial score (nSPS) is 12.8. The second-order valence-corrected chi connectivity index (χ2v) is 3.56. The Hall–Kier alpha value is -2.05. The Bertz CT molecular complexity index is 445. The molecule has 1 atom stereocenters. The zero-order valence-corrected chi connectivity index (χ0v) is 9.07. The molecule has 0 aliphatic rings. The lowest BCUT2D eigenvalue weighted by molar-refractivity contribution is -0.138. The van der Waals surface area contributed by atoms with Crippen LogP contribution >= 0.6 is 0 Å². The molecule has 1 unspecified atom stereocenters. The molecular formula is C11H10F3NO3. The maximum absolute atomic E-state index is 12.5. The van der Waals surface area contributed by atoms with Crippen molar-refractivity contribution in [1.82, 2.24) is 5.32 Å². The van der Waals surface area contributed by atoms with Gasteiger partial charge in [-0.3, -0.25) is 9.59 Å². The average molecular weight is 261 g/mol. The summed E-state index contributed by atoms with van der Waals surface area (Å²) in [5, 5.41) is 10.8. The van der Waals surface area contributed by atoms with Crippen LogP contribution in [0.5, 0.6) is 0 Å². The Morgan fingerprint density at radius 2 is 2.11 bits per heavy atom. The molecular weight excluding hydrogens is 251 g/mol. The summed E-state index contributed by atoms with van der Waals surface area (Å²) in [6.07, 6.45) is -4.74. The first-order valence-electron chi connectivity index (χ1n) is 4.93. The van der Waals surface area contributed by atoms with Crippen molar-refractivity contribution in [2.75, 3.05) is 0 Å². The van der Waals surface area contributed by atoms with Crippen LogP contribution in [0, 0.1) is 0 Å². The van der Waals surface area contributed by atoms with Gasteiger partial charge in [-0.2, -0.15) is 13.2 Å². The molecule has 1 rings (SSSR count). The Labute approximate surface area is 100 Å². The number of rotatable bonds is 5. The van der Waals surface area contributed by atoms with Gasteiger partial charge in [0.15, 0.2) is 0 Å². The number of carbonyl (C=O) groups excluding carboxylic acids is 1. The van der Waals surface area contributed by atoms with Crippen LogP contribution in [0.25, 0.3) is 0 Å². The topological polar surface area (TPSA) is 66.4 Å². The lowest BCUT2D eigenvalue weighted by Crippen LogP contribution is -2.22. The number of amides is 1. The molecule has 0 fully saturated rings. The minimum atomic E-state index is -4.51. The molecule has 18 heavy (non-hydrogen) atoms. The first-order valence-corrected chi connectivity index (χ1v) is 4.93. The molecule has 98 valence electrons. The lowest BCUT2D eigenvalue weighted by atomic mass is 10.0. The van der Waals surface area contributed by atoms with E-state index in [-0.39, 0.29) is 12.0 Å². The standard InChI is InChI=1S/C11H10F3NO3/c12-11(13,14)8-3-1-2-7(4-8)9(15-6-16)5-10(17)18/h1-4,6,9H,5H2,(H,15,16)(H,17,18). The number of hydrogen-bond acceptors (Lipinski definition) is 2. The van der Waals surface area contributed by atoms with Gasteiger partial charge in [0.2, 0.25) is 6.41 Å². The quantitative estimate of drug-likeness (QED) is 0.796. The molecule has 4 nitrogen and oxygen atoms in total. The van der Waals surface area contributed by atoms with Gasteiger partial charge < -0.3 is 10.4 Å². The van der Waals surface area contributed by atoms with E-state index in [2.05, 4.69) is 5.32 Å². The summed E-state index contributed by atoms with van der Waals surface area (Å²) in [6, 6.07) is 3.22. The number of halogens is 3. The molecule has 0 heterocycles. The van der Waals surface area contributed by atoms with Crippen molar-refractivity contribution < 1.29 is 27.9 Å². The van der Waals surface area contributed by atoms with Gasteiger partial charge in [-0.1, -0.05) is 12.1 Å². The van der Waals surface area contributed by atoms with Crippen LogP contribution in [0.4, 0.5) is 13.2 Å². The first kappa shape index (κ1) is 14.0. The van der Waals surface area contributed by atoms with Crippen LogP contribution in [0.2, 0.25) is 0 Å². The number of alkyl halides is 3. The fourth-order valence-corrected chi connectivity index (χ4v) is 1.46. The highest BCUT2D eigenvalue weighted by molar-refractivity contribution is 5.68. The van der Waals surface area contributed by atoms with Crippen LogP contribution in [0.1, 0.15) is 23.6 Å². The monoisotopic (exact) mass is 261 g/mol. The SMILES string of the molecule is O=CNC(CC(=O)O)c1cccc(C(F)(F)F)c1. The highest BCUT2D eigenvalue weighted by Gasteiger charge is 2.31. The third-order valence-corrected chi connectivity index (χ3v) is 2.26. The van der Waals surface area contributed by atoms with Gasteiger partial charge >= 0.3 is 12.1 Å². The van der Waals surface area contributed by atoms with Gasteiger partial charge in [0.1, 0.15) is 0 Å². The third kappa shape index (κ3) is 3.76. The zero-order valence-electron chi connectivity index (χ0n) is 9.07. The minimum Gasteiger partial charge on any atom is -0.481 e. The van der Waals surface area contributed by atoms with Crippen LogP contribution in [0.15, 0.2) is 24.3 Å². The Morgan fingerprint density at radius 1 is 1.44 bits per heavy atom. The Kier molecular flexibility index (Phi) is 4.30. The number of aliphatic carboxylic acids is 1. The highest BCUT2D eigenvalue weighted by Crippen LogP contribution is 2.31. The van der Waals surface area contributed by atoms with E-state index in [1.807, 2.05) is 0 Å². The van der Waals surface area contributed by atoms with Crippen LogP contribution < -0.4 is 5.32 Å². The van der Waals surface area contributed by atoms with Crippen LogP contribution in [-0.2, 0) is 15.8 Å². The maximum atomic E-state index is 12.5. The van der Waals surface area contributed by atoms with Crippen LogP contribution in [-0.4, -0.2) is 17.5 Å². The predicted octanol–water partition coefficient (Wildman–Crippen LogP) is 1.97. The van der Waals surface area contributed by atoms with E-state index in [9.17, 15) is 22.8 Å². The second-order valence-electron chi connectivity index (χ2n) is 3.56. The summed E-state index contributed by atoms with van der Waals surface area (Å²) in [5.41, 5.74) is -0.789. The van der Waals surface area contributed by atoms with Crippen molar-refractivity contribution in [2.24, 2.45) is 0 Å². The zero-order chi connectivity index (χ0) is 13.8. The van der Waals surface area contributed by atoms with Crippen molar-refractivity contribution in [3.8, 4) is 0 Å². The molecule has 0 saturated heterocycles. The van der Waals surface area contributed by atoms with Crippen molar-refractivity contribution in [3.63, 3.8) is 0 Å². The van der Waals surface area contributed by atoms with E-state index in [0.29, 0.717) is 0 Å². The van der Waals surface area contributed by atoms with Crippen molar-refractivity contribution in [2.45, 2.75) is 18.6 Å². The predicted molar refractivity (Wildman–Crippen MR) is 55.6 cm³/mol. The summed E-state index contributed by atoms with van der Waals surface area (Å²) < 4.78 is 37.4. The number of carboxylic acid groups (broad SMARTS) is 1. The number of nitrogens with one attached hydrogen (secondary N) is 1. The summed E-state index contributed by atoms with van der Waals surface area (Å²) in [5.74, 6) is -1.22. The molecule has 1 amide bonds. The van der Waals surface area contributed by atoms with E-state index in [4.69, 9.17) is 5.11 Å². The molecule has 7 heteroatoms. The van der Waals surface area contributed by atoms with E-state index >= 15 is 0 Å². The molecule has 0 saturated carbocycles. The second kappa shape index (κ2) is 5.52. The van der Waals surface area contributed by atoms with Gasteiger partial charge in [-0.05, 0) is 17.7 Å². The molecule has 2 N–H and O–H groups in total. The third-order valence-electron chi connectivity index (χ3n) is 2.26. The molecule has 0 aromatic heterocycles. The molecule has 0 aliphatic carbocycles. The summed E-state index contributed by atoms with van der Waals surface area (Å²) in [7, 11) is 0. The number of carboxylic acids is 1. The summed E-state index contributed by atoms with van der Waals surface area (Å²) in [4.78, 5) is 20.9. The lowest BCUT2D eigenvalue weighted by Gasteiger charge is -2.16. The minimum absolute atomic E-state index is 0.0966. The Balaban J connectivity index is 3.05. The largest absolute Gasteiger partial charge is 0.481 e. The number of carbonyl (C=O) groups is 2. The van der Waals surface area contributed by atoms with E-state index in [1.54, 1.807) is 0 Å². The average Bonchev–Trinajstić information content (AvgIpc) is 2.27. The molecule has 1 aromatic rings. The molecule has 0 radical (unpaired) electrons. The summed E-state index contributed by atoms with van der Waals surface area (Å²) in [6.45, 7) is 0. The van der Waals surface area contributed by atoms with Crippen molar-refractivity contribution >= 4 is 12.4 Å². The fraction of sp³-hybridized carbons (Fsp3) is 0.273. The smallest absolute Gasteiger partial charge is 0.416 e.